The van der Waals surface area contributed by atoms with Crippen molar-refractivity contribution < 1.29 is 14.6 Å². The molecule has 2 aromatic carbocycles. The van der Waals surface area contributed by atoms with E-state index >= 15 is 0 Å². The van der Waals surface area contributed by atoms with Crippen LogP contribution < -0.4 is 0 Å². The van der Waals surface area contributed by atoms with Crippen molar-refractivity contribution in [3.63, 3.8) is 0 Å². The van der Waals surface area contributed by atoms with Crippen LogP contribution >= 0.6 is 0 Å². The predicted molar refractivity (Wildman–Crippen MR) is 99.7 cm³/mol. The number of hydrogen-bond acceptors (Lipinski definition) is 4. The summed E-state index contributed by atoms with van der Waals surface area (Å²) in [7, 11) is 2.13. The van der Waals surface area contributed by atoms with Gasteiger partial charge in [0.1, 0.15) is 6.10 Å². The monoisotopic (exact) mass is 351 g/mol. The van der Waals surface area contributed by atoms with E-state index < -0.39 is 6.10 Å². The van der Waals surface area contributed by atoms with Crippen molar-refractivity contribution in [2.24, 2.45) is 5.92 Å². The largest absolute Gasteiger partial charge is 0.458 e. The molecule has 26 heavy (non-hydrogen) atoms. The van der Waals surface area contributed by atoms with Gasteiger partial charge in [0.2, 0.25) is 0 Å². The highest BCUT2D eigenvalue weighted by atomic mass is 16.5. The van der Waals surface area contributed by atoms with Crippen LogP contribution in [0.1, 0.15) is 41.3 Å². The first-order valence-electron chi connectivity index (χ1n) is 9.36. The Bertz CT molecular complexity index is 748. The Morgan fingerprint density at radius 2 is 1.73 bits per heavy atom. The van der Waals surface area contributed by atoms with Gasteiger partial charge in [0.25, 0.3) is 0 Å². The Morgan fingerprint density at radius 3 is 2.42 bits per heavy atom. The summed E-state index contributed by atoms with van der Waals surface area (Å²) in [6.45, 7) is 0. The number of fused-ring (bicyclic) bond motifs is 2. The third kappa shape index (κ3) is 3.15. The Kier molecular flexibility index (Phi) is 4.79. The van der Waals surface area contributed by atoms with Crippen molar-refractivity contribution in [3.05, 3.63) is 71.8 Å². The molecule has 2 heterocycles. The van der Waals surface area contributed by atoms with Crippen molar-refractivity contribution in [2.75, 3.05) is 7.05 Å². The van der Waals surface area contributed by atoms with Gasteiger partial charge in [-0.2, -0.15) is 0 Å². The molecule has 4 rings (SSSR count). The zero-order valence-electron chi connectivity index (χ0n) is 15.0. The molecule has 0 aromatic heterocycles. The molecule has 2 aliphatic rings. The van der Waals surface area contributed by atoms with Crippen LogP contribution in [0.3, 0.4) is 0 Å². The number of carbonyl (C=O) groups excluding carboxylic acids is 1. The first kappa shape index (κ1) is 17.3. The number of benzene rings is 2. The topological polar surface area (TPSA) is 49.8 Å². The summed E-state index contributed by atoms with van der Waals surface area (Å²) in [5.74, 6) is -0.418. The van der Waals surface area contributed by atoms with E-state index in [4.69, 9.17) is 4.74 Å². The number of hydrogen-bond donors (Lipinski definition) is 1. The van der Waals surface area contributed by atoms with E-state index in [-0.39, 0.29) is 24.0 Å². The number of aliphatic hydroxyl groups excluding tert-OH is 1. The molecule has 0 radical (unpaired) electrons. The Morgan fingerprint density at radius 1 is 1.08 bits per heavy atom. The fourth-order valence-corrected chi connectivity index (χ4v) is 4.65. The normalized spacial score (nSPS) is 29.3. The summed E-state index contributed by atoms with van der Waals surface area (Å²) in [6, 6.07) is 19.5. The lowest BCUT2D eigenvalue weighted by Crippen LogP contribution is -2.52. The third-order valence-electron chi connectivity index (χ3n) is 6.05. The summed E-state index contributed by atoms with van der Waals surface area (Å²) in [6.07, 6.45) is 2.00. The molecule has 0 saturated carbocycles. The standard InChI is InChI=1S/C22H25NO3/c1-23-17-12-13-18(23)20(21(24)15-8-4-2-5-9-15)19(14-17)26-22(25)16-10-6-3-7-11-16/h2-11,17-21,24H,12-14H2,1H3/t17-,18+,19+,20?,21?/m0/s1. The summed E-state index contributed by atoms with van der Waals surface area (Å²) in [5.41, 5.74) is 1.45. The zero-order chi connectivity index (χ0) is 18.1. The van der Waals surface area contributed by atoms with Gasteiger partial charge in [-0.15, -0.1) is 0 Å². The molecule has 136 valence electrons. The van der Waals surface area contributed by atoms with Crippen molar-refractivity contribution in [1.29, 1.82) is 0 Å². The molecule has 4 nitrogen and oxygen atoms in total. The van der Waals surface area contributed by atoms with Crippen LogP contribution in [0.15, 0.2) is 60.7 Å². The fraction of sp³-hybridized carbons (Fsp3) is 0.409. The molecule has 2 saturated heterocycles. The van der Waals surface area contributed by atoms with Gasteiger partial charge < -0.3 is 9.84 Å². The number of esters is 1. The quantitative estimate of drug-likeness (QED) is 0.858. The van der Waals surface area contributed by atoms with Crippen LogP contribution in [-0.4, -0.2) is 41.2 Å². The lowest BCUT2D eigenvalue weighted by atomic mass is 9.80. The molecule has 5 atom stereocenters. The van der Waals surface area contributed by atoms with Crippen LogP contribution in [0.2, 0.25) is 0 Å². The molecular weight excluding hydrogens is 326 g/mol. The van der Waals surface area contributed by atoms with Gasteiger partial charge in [0.05, 0.1) is 11.7 Å². The average Bonchev–Trinajstić information content (AvgIpc) is 2.92. The molecule has 0 spiro atoms. The van der Waals surface area contributed by atoms with Crippen LogP contribution in [0.4, 0.5) is 0 Å². The maximum atomic E-state index is 12.6. The maximum absolute atomic E-state index is 12.6. The Balaban J connectivity index is 1.60. The smallest absolute Gasteiger partial charge is 0.338 e. The molecule has 2 fully saturated rings. The van der Waals surface area contributed by atoms with E-state index in [0.29, 0.717) is 11.6 Å². The predicted octanol–water partition coefficient (Wildman–Crippen LogP) is 3.43. The minimum atomic E-state index is -0.642. The van der Waals surface area contributed by atoms with Crippen LogP contribution in [-0.2, 0) is 4.74 Å². The van der Waals surface area contributed by atoms with E-state index in [1.165, 1.54) is 0 Å². The van der Waals surface area contributed by atoms with Crippen LogP contribution in [0.5, 0.6) is 0 Å². The van der Waals surface area contributed by atoms with E-state index in [0.717, 1.165) is 24.8 Å². The van der Waals surface area contributed by atoms with Crippen LogP contribution in [0, 0.1) is 5.92 Å². The second-order valence-corrected chi connectivity index (χ2v) is 7.44. The lowest BCUT2D eigenvalue weighted by Gasteiger charge is -2.44. The number of carbonyl (C=O) groups is 1. The van der Waals surface area contributed by atoms with E-state index in [1.54, 1.807) is 12.1 Å². The highest BCUT2D eigenvalue weighted by Gasteiger charge is 2.50. The van der Waals surface area contributed by atoms with Gasteiger partial charge in [0.15, 0.2) is 0 Å². The number of aliphatic hydroxyl groups is 1. The molecule has 1 N–H and O–H groups in total. The van der Waals surface area contributed by atoms with Crippen LogP contribution in [0.25, 0.3) is 0 Å². The molecule has 2 unspecified atom stereocenters. The van der Waals surface area contributed by atoms with Gasteiger partial charge in [-0.25, -0.2) is 4.79 Å². The van der Waals surface area contributed by atoms with Crippen molar-refractivity contribution >= 4 is 5.97 Å². The first-order valence-corrected chi connectivity index (χ1v) is 9.36. The second-order valence-electron chi connectivity index (χ2n) is 7.44. The number of rotatable bonds is 4. The maximum Gasteiger partial charge on any atom is 0.338 e. The molecule has 4 heteroatoms. The molecular formula is C22H25NO3. The average molecular weight is 351 g/mol. The summed E-state index contributed by atoms with van der Waals surface area (Å²) in [4.78, 5) is 15.0. The second kappa shape index (κ2) is 7.22. The van der Waals surface area contributed by atoms with Crippen molar-refractivity contribution in [3.8, 4) is 0 Å². The van der Waals surface area contributed by atoms with Gasteiger partial charge in [-0.1, -0.05) is 48.5 Å². The Hall–Kier alpha value is -2.17. The Labute approximate surface area is 154 Å². The lowest BCUT2D eigenvalue weighted by molar-refractivity contribution is -0.0777. The number of nitrogens with zero attached hydrogens (tertiary/aromatic N) is 1. The molecule has 0 amide bonds. The minimum absolute atomic E-state index is 0.117. The van der Waals surface area contributed by atoms with E-state index in [9.17, 15) is 9.90 Å². The van der Waals surface area contributed by atoms with Gasteiger partial charge in [-0.3, -0.25) is 4.90 Å². The van der Waals surface area contributed by atoms with E-state index in [1.807, 2.05) is 48.5 Å². The first-order chi connectivity index (χ1) is 12.6. The van der Waals surface area contributed by atoms with Crippen molar-refractivity contribution in [2.45, 2.75) is 43.6 Å². The highest BCUT2D eigenvalue weighted by Crippen LogP contribution is 2.44. The van der Waals surface area contributed by atoms with E-state index in [2.05, 4.69) is 11.9 Å². The third-order valence-corrected chi connectivity index (χ3v) is 6.05. The molecule has 0 aliphatic carbocycles. The van der Waals surface area contributed by atoms with Gasteiger partial charge in [-0.05, 0) is 37.6 Å². The summed E-state index contributed by atoms with van der Waals surface area (Å²) in [5, 5.41) is 11.1. The summed E-state index contributed by atoms with van der Waals surface area (Å²) < 4.78 is 5.94. The van der Waals surface area contributed by atoms with Gasteiger partial charge >= 0.3 is 5.97 Å². The summed E-state index contributed by atoms with van der Waals surface area (Å²) >= 11 is 0. The number of piperidine rings is 1. The fourth-order valence-electron chi connectivity index (χ4n) is 4.65. The molecule has 2 aromatic rings. The molecule has 2 aliphatic heterocycles. The highest BCUT2D eigenvalue weighted by molar-refractivity contribution is 5.89. The zero-order valence-corrected chi connectivity index (χ0v) is 15.0. The van der Waals surface area contributed by atoms with Crippen molar-refractivity contribution in [1.82, 2.24) is 4.90 Å². The van der Waals surface area contributed by atoms with Gasteiger partial charge in [0, 0.05) is 24.4 Å². The minimum Gasteiger partial charge on any atom is -0.458 e. The SMILES string of the molecule is CN1[C@H]2CC[C@@H]1C(C(O)c1ccccc1)[C@H](OC(=O)c1ccccc1)C2. The molecule has 2 bridgehead atoms. The number of ether oxygens (including phenoxy) is 1.